The minimum Gasteiger partial charge on any atom is -0.477 e. The Labute approximate surface area is 151 Å². The average Bonchev–Trinajstić information content (AvgIpc) is 3.06. The zero-order valence-electron chi connectivity index (χ0n) is 15.2. The maximum atomic E-state index is 12.8. The fourth-order valence-electron chi connectivity index (χ4n) is 2.84. The monoisotopic (exact) mass is 367 g/mol. The lowest BCUT2D eigenvalue weighted by Crippen LogP contribution is -2.43. The van der Waals surface area contributed by atoms with E-state index in [0.29, 0.717) is 38.4 Å². The summed E-state index contributed by atoms with van der Waals surface area (Å²) in [5.74, 6) is -2.08. The van der Waals surface area contributed by atoms with Crippen molar-refractivity contribution >= 4 is 23.5 Å². The molecule has 3 N–H and O–H groups in total. The van der Waals surface area contributed by atoms with Crippen molar-refractivity contribution in [1.29, 1.82) is 0 Å². The van der Waals surface area contributed by atoms with Crippen LogP contribution in [-0.2, 0) is 14.3 Å². The third kappa shape index (κ3) is 4.75. The van der Waals surface area contributed by atoms with Crippen molar-refractivity contribution in [3.8, 4) is 0 Å². The van der Waals surface area contributed by atoms with Crippen LogP contribution in [0.4, 0.5) is 5.69 Å². The second kappa shape index (κ2) is 8.70. The lowest BCUT2D eigenvalue weighted by Gasteiger charge is -2.29. The number of aromatic nitrogens is 1. The molecule has 1 aliphatic rings. The number of carbonyl (C=O) groups is 3. The molecular formula is C17H25N3O6. The summed E-state index contributed by atoms with van der Waals surface area (Å²) in [4.78, 5) is 40.5. The van der Waals surface area contributed by atoms with Gasteiger partial charge < -0.3 is 29.8 Å². The van der Waals surface area contributed by atoms with E-state index in [1.165, 1.54) is 13.2 Å². The molecule has 26 heavy (non-hydrogen) atoms. The van der Waals surface area contributed by atoms with Gasteiger partial charge in [-0.2, -0.15) is 0 Å². The minimum absolute atomic E-state index is 0.0879. The molecule has 0 spiro atoms. The number of rotatable bonds is 7. The number of aromatic amines is 1. The van der Waals surface area contributed by atoms with E-state index in [9.17, 15) is 19.5 Å². The number of amides is 1. The third-order valence-corrected chi connectivity index (χ3v) is 4.10. The van der Waals surface area contributed by atoms with E-state index in [0.717, 1.165) is 0 Å². The van der Waals surface area contributed by atoms with Gasteiger partial charge in [-0.25, -0.2) is 9.59 Å². The first kappa shape index (κ1) is 19.8. The Morgan fingerprint density at radius 1 is 1.35 bits per heavy atom. The van der Waals surface area contributed by atoms with Gasteiger partial charge in [-0.1, -0.05) is 13.8 Å². The van der Waals surface area contributed by atoms with E-state index in [2.05, 4.69) is 10.3 Å². The van der Waals surface area contributed by atoms with E-state index in [1.807, 2.05) is 18.7 Å². The van der Waals surface area contributed by atoms with Crippen LogP contribution in [-0.4, -0.2) is 67.4 Å². The van der Waals surface area contributed by atoms with Crippen molar-refractivity contribution in [1.82, 2.24) is 10.3 Å². The van der Waals surface area contributed by atoms with Crippen molar-refractivity contribution < 1.29 is 29.0 Å². The number of anilines is 1. The molecule has 1 saturated heterocycles. The molecule has 1 aliphatic heterocycles. The van der Waals surface area contributed by atoms with Crippen molar-refractivity contribution in [2.45, 2.75) is 26.3 Å². The summed E-state index contributed by atoms with van der Waals surface area (Å²) >= 11 is 0. The molecule has 0 aromatic carbocycles. The maximum Gasteiger partial charge on any atom is 0.352 e. The molecule has 1 aromatic heterocycles. The SMILES string of the molecule is COC(=O)[C@H](CC(C)C)NC(=O)c1[nH]c(C(=O)O)cc1N1CCOCC1. The van der Waals surface area contributed by atoms with Gasteiger partial charge in [0.2, 0.25) is 0 Å². The second-order valence-electron chi connectivity index (χ2n) is 6.53. The molecule has 1 atom stereocenters. The molecular weight excluding hydrogens is 342 g/mol. The minimum atomic E-state index is -1.16. The summed E-state index contributed by atoms with van der Waals surface area (Å²) in [6.07, 6.45) is 0.414. The fourth-order valence-corrected chi connectivity index (χ4v) is 2.84. The van der Waals surface area contributed by atoms with Crippen LogP contribution >= 0.6 is 0 Å². The number of H-pyrrole nitrogens is 1. The van der Waals surface area contributed by atoms with Gasteiger partial charge in [0.15, 0.2) is 0 Å². The van der Waals surface area contributed by atoms with Gasteiger partial charge in [-0.3, -0.25) is 4.79 Å². The molecule has 2 rings (SSSR count). The number of carboxylic acids is 1. The van der Waals surface area contributed by atoms with E-state index in [-0.39, 0.29) is 17.3 Å². The number of carboxylic acid groups (broad SMARTS) is 1. The van der Waals surface area contributed by atoms with Gasteiger partial charge in [0.25, 0.3) is 5.91 Å². The molecule has 144 valence electrons. The summed E-state index contributed by atoms with van der Waals surface area (Å²) in [5.41, 5.74) is 0.508. The summed E-state index contributed by atoms with van der Waals surface area (Å²) in [6, 6.07) is 0.625. The molecule has 1 aromatic rings. The smallest absolute Gasteiger partial charge is 0.352 e. The highest BCUT2D eigenvalue weighted by Crippen LogP contribution is 2.24. The first-order chi connectivity index (χ1) is 12.3. The topological polar surface area (TPSA) is 121 Å². The van der Waals surface area contributed by atoms with Crippen molar-refractivity contribution in [3.63, 3.8) is 0 Å². The van der Waals surface area contributed by atoms with Crippen LogP contribution in [0.5, 0.6) is 0 Å². The average molecular weight is 367 g/mol. The summed E-state index contributed by atoms with van der Waals surface area (Å²) < 4.78 is 10.1. The lowest BCUT2D eigenvalue weighted by molar-refractivity contribution is -0.143. The largest absolute Gasteiger partial charge is 0.477 e. The zero-order chi connectivity index (χ0) is 19.3. The molecule has 0 bridgehead atoms. The molecule has 2 heterocycles. The Hall–Kier alpha value is -2.55. The summed E-state index contributed by atoms with van der Waals surface area (Å²) in [6.45, 7) is 5.93. The first-order valence-corrected chi connectivity index (χ1v) is 8.51. The number of ether oxygens (including phenoxy) is 2. The van der Waals surface area contributed by atoms with Gasteiger partial charge in [0.1, 0.15) is 17.4 Å². The van der Waals surface area contributed by atoms with Gasteiger partial charge >= 0.3 is 11.9 Å². The number of carbonyl (C=O) groups excluding carboxylic acids is 2. The van der Waals surface area contributed by atoms with Crippen LogP contribution in [0.2, 0.25) is 0 Å². The predicted octanol–water partition coefficient (Wildman–Crippen LogP) is 0.867. The van der Waals surface area contributed by atoms with E-state index < -0.39 is 23.9 Å². The van der Waals surface area contributed by atoms with Crippen molar-refractivity contribution in [2.24, 2.45) is 5.92 Å². The maximum absolute atomic E-state index is 12.8. The Morgan fingerprint density at radius 3 is 2.54 bits per heavy atom. The highest BCUT2D eigenvalue weighted by atomic mass is 16.5. The number of hydrogen-bond donors (Lipinski definition) is 3. The summed E-state index contributed by atoms with van der Waals surface area (Å²) in [7, 11) is 1.26. The predicted molar refractivity (Wildman–Crippen MR) is 93.5 cm³/mol. The zero-order valence-corrected chi connectivity index (χ0v) is 15.2. The normalized spacial score (nSPS) is 15.6. The van der Waals surface area contributed by atoms with Crippen LogP contribution in [0.25, 0.3) is 0 Å². The highest BCUT2D eigenvalue weighted by Gasteiger charge is 2.28. The van der Waals surface area contributed by atoms with Crippen LogP contribution in [0.15, 0.2) is 6.07 Å². The number of nitrogens with one attached hydrogen (secondary N) is 2. The number of esters is 1. The Morgan fingerprint density at radius 2 is 2.00 bits per heavy atom. The van der Waals surface area contributed by atoms with Crippen LogP contribution in [0.3, 0.4) is 0 Å². The molecule has 0 aliphatic carbocycles. The number of hydrogen-bond acceptors (Lipinski definition) is 6. The number of methoxy groups -OCH3 is 1. The summed E-state index contributed by atoms with van der Waals surface area (Å²) in [5, 5.41) is 11.9. The standard InChI is InChI=1S/C17H25N3O6/c1-10(2)8-12(17(24)25-3)19-15(21)14-13(9-11(18-14)16(22)23)20-4-6-26-7-5-20/h9-10,12,18H,4-8H2,1-3H3,(H,19,21)(H,22,23)/t12-/m0/s1. The highest BCUT2D eigenvalue weighted by molar-refractivity contribution is 6.02. The molecule has 0 radical (unpaired) electrons. The van der Waals surface area contributed by atoms with Crippen molar-refractivity contribution in [3.05, 3.63) is 17.5 Å². The second-order valence-corrected chi connectivity index (χ2v) is 6.53. The molecule has 0 saturated carbocycles. The number of morpholine rings is 1. The van der Waals surface area contributed by atoms with E-state index >= 15 is 0 Å². The van der Waals surface area contributed by atoms with Crippen LogP contribution < -0.4 is 10.2 Å². The third-order valence-electron chi connectivity index (χ3n) is 4.10. The first-order valence-electron chi connectivity index (χ1n) is 8.51. The van der Waals surface area contributed by atoms with E-state index in [1.54, 1.807) is 0 Å². The van der Waals surface area contributed by atoms with Gasteiger partial charge in [0, 0.05) is 13.1 Å². The fraction of sp³-hybridized carbons (Fsp3) is 0.588. The Bertz CT molecular complexity index is 663. The number of aromatic carboxylic acids is 1. The molecule has 9 heteroatoms. The molecule has 1 amide bonds. The quantitative estimate of drug-likeness (QED) is 0.611. The lowest BCUT2D eigenvalue weighted by atomic mass is 10.0. The molecule has 1 fully saturated rings. The van der Waals surface area contributed by atoms with Gasteiger partial charge in [0.05, 0.1) is 26.0 Å². The van der Waals surface area contributed by atoms with Gasteiger partial charge in [-0.05, 0) is 18.4 Å². The van der Waals surface area contributed by atoms with Crippen molar-refractivity contribution in [2.75, 3.05) is 38.3 Å². The number of nitrogens with zero attached hydrogens (tertiary/aromatic N) is 1. The Balaban J connectivity index is 2.27. The van der Waals surface area contributed by atoms with E-state index in [4.69, 9.17) is 9.47 Å². The Kier molecular flexibility index (Phi) is 6.62. The van der Waals surface area contributed by atoms with Crippen LogP contribution in [0.1, 0.15) is 41.2 Å². The van der Waals surface area contributed by atoms with Crippen LogP contribution in [0, 0.1) is 5.92 Å². The van der Waals surface area contributed by atoms with Gasteiger partial charge in [-0.15, -0.1) is 0 Å². The molecule has 0 unspecified atom stereocenters. The molecule has 9 nitrogen and oxygen atoms in total.